The third-order valence-corrected chi connectivity index (χ3v) is 5.16. The van der Waals surface area contributed by atoms with E-state index in [1.807, 2.05) is 91.9 Å². The number of carbonyl (C=O) groups is 2. The van der Waals surface area contributed by atoms with Crippen molar-refractivity contribution < 1.29 is 14.3 Å². The van der Waals surface area contributed by atoms with Gasteiger partial charge in [0.1, 0.15) is 11.8 Å². The number of hydrogen-bond donors (Lipinski definition) is 1. The maximum absolute atomic E-state index is 13.3. The molecular weight excluding hydrogens is 388 g/mol. The van der Waals surface area contributed by atoms with Crippen LogP contribution in [0.15, 0.2) is 84.9 Å². The summed E-state index contributed by atoms with van der Waals surface area (Å²) in [7, 11) is 1.59. The highest BCUT2D eigenvalue weighted by atomic mass is 16.5. The van der Waals surface area contributed by atoms with Crippen LogP contribution in [-0.2, 0) is 22.6 Å². The van der Waals surface area contributed by atoms with Crippen LogP contribution in [0.4, 0.5) is 0 Å². The van der Waals surface area contributed by atoms with Crippen molar-refractivity contribution in [3.8, 4) is 5.75 Å². The van der Waals surface area contributed by atoms with Gasteiger partial charge in [0, 0.05) is 20.0 Å². The molecule has 0 saturated heterocycles. The first-order chi connectivity index (χ1) is 15.1. The maximum Gasteiger partial charge on any atom is 0.261 e. The highest BCUT2D eigenvalue weighted by molar-refractivity contribution is 5.88. The third-order valence-electron chi connectivity index (χ3n) is 5.16. The summed E-state index contributed by atoms with van der Waals surface area (Å²) < 4.78 is 5.81. The molecular formula is C26H28N2O3. The van der Waals surface area contributed by atoms with Gasteiger partial charge in [0.05, 0.1) is 0 Å². The van der Waals surface area contributed by atoms with Gasteiger partial charge >= 0.3 is 0 Å². The SMILES string of the molecule is CNC(=O)C(Cc1ccccc1)N(Cc1ccccc1)C(=O)COc1ccccc1C. The van der Waals surface area contributed by atoms with Crippen LogP contribution in [0.3, 0.4) is 0 Å². The van der Waals surface area contributed by atoms with E-state index in [0.29, 0.717) is 18.7 Å². The molecule has 3 rings (SSSR count). The van der Waals surface area contributed by atoms with Crippen molar-refractivity contribution in [2.45, 2.75) is 25.9 Å². The fraction of sp³-hybridized carbons (Fsp3) is 0.231. The van der Waals surface area contributed by atoms with Crippen LogP contribution >= 0.6 is 0 Å². The smallest absolute Gasteiger partial charge is 0.261 e. The lowest BCUT2D eigenvalue weighted by Gasteiger charge is -2.31. The average molecular weight is 417 g/mol. The monoisotopic (exact) mass is 416 g/mol. The number of nitrogens with zero attached hydrogens (tertiary/aromatic N) is 1. The van der Waals surface area contributed by atoms with Gasteiger partial charge < -0.3 is 15.0 Å². The van der Waals surface area contributed by atoms with Crippen LogP contribution in [0.2, 0.25) is 0 Å². The fourth-order valence-corrected chi connectivity index (χ4v) is 3.44. The Labute approximate surface area is 183 Å². The summed E-state index contributed by atoms with van der Waals surface area (Å²) in [5, 5.41) is 2.72. The highest BCUT2D eigenvalue weighted by Crippen LogP contribution is 2.18. The number of ether oxygens (including phenoxy) is 1. The Hall–Kier alpha value is -3.60. The number of likely N-dealkylation sites (N-methyl/N-ethyl adjacent to an activating group) is 1. The standard InChI is InChI=1S/C26H28N2O3/c1-20-11-9-10-16-24(20)31-19-25(29)28(18-22-14-7-4-8-15-22)23(26(30)27-2)17-21-12-5-3-6-13-21/h3-16,23H,17-19H2,1-2H3,(H,27,30). The molecule has 1 N–H and O–H groups in total. The molecule has 2 amide bonds. The van der Waals surface area contributed by atoms with Crippen LogP contribution in [0.1, 0.15) is 16.7 Å². The second-order valence-corrected chi connectivity index (χ2v) is 7.38. The van der Waals surface area contributed by atoms with Gasteiger partial charge in [-0.05, 0) is 29.7 Å². The topological polar surface area (TPSA) is 58.6 Å². The second kappa shape index (κ2) is 11.0. The van der Waals surface area contributed by atoms with Gasteiger partial charge in [-0.15, -0.1) is 0 Å². The Balaban J connectivity index is 1.86. The van der Waals surface area contributed by atoms with E-state index in [4.69, 9.17) is 4.74 Å². The first kappa shape index (κ1) is 22.1. The summed E-state index contributed by atoms with van der Waals surface area (Å²) in [6.45, 7) is 2.12. The minimum absolute atomic E-state index is 0.139. The average Bonchev–Trinajstić information content (AvgIpc) is 2.81. The molecule has 0 spiro atoms. The number of hydrogen-bond acceptors (Lipinski definition) is 3. The number of amides is 2. The first-order valence-corrected chi connectivity index (χ1v) is 10.4. The molecule has 0 bridgehead atoms. The minimum atomic E-state index is -0.652. The van der Waals surface area contributed by atoms with E-state index < -0.39 is 6.04 Å². The highest BCUT2D eigenvalue weighted by Gasteiger charge is 2.30. The molecule has 0 saturated carbocycles. The van der Waals surface area contributed by atoms with Crippen LogP contribution in [0, 0.1) is 6.92 Å². The molecule has 0 fully saturated rings. The lowest BCUT2D eigenvalue weighted by atomic mass is 10.0. The van der Waals surface area contributed by atoms with Crippen LogP contribution in [0.25, 0.3) is 0 Å². The normalized spacial score (nSPS) is 11.4. The van der Waals surface area contributed by atoms with Crippen molar-refractivity contribution in [1.82, 2.24) is 10.2 Å². The van der Waals surface area contributed by atoms with Gasteiger partial charge in [-0.25, -0.2) is 0 Å². The van der Waals surface area contributed by atoms with Crippen molar-refractivity contribution in [1.29, 1.82) is 0 Å². The predicted octanol–water partition coefficient (Wildman–Crippen LogP) is 3.76. The van der Waals surface area contributed by atoms with E-state index in [1.54, 1.807) is 11.9 Å². The van der Waals surface area contributed by atoms with Crippen molar-refractivity contribution in [3.63, 3.8) is 0 Å². The molecule has 0 radical (unpaired) electrons. The molecule has 0 aliphatic heterocycles. The van der Waals surface area contributed by atoms with Gasteiger partial charge in [0.15, 0.2) is 6.61 Å². The molecule has 3 aromatic rings. The Bertz CT molecular complexity index is 990. The van der Waals surface area contributed by atoms with Crippen molar-refractivity contribution in [2.75, 3.05) is 13.7 Å². The number of para-hydroxylation sites is 1. The number of aryl methyl sites for hydroxylation is 1. The Morgan fingerprint density at radius 3 is 2.06 bits per heavy atom. The molecule has 0 aliphatic rings. The van der Waals surface area contributed by atoms with Crippen LogP contribution < -0.4 is 10.1 Å². The largest absolute Gasteiger partial charge is 0.484 e. The quantitative estimate of drug-likeness (QED) is 0.578. The van der Waals surface area contributed by atoms with E-state index in [2.05, 4.69) is 5.32 Å². The van der Waals surface area contributed by atoms with Crippen LogP contribution in [0.5, 0.6) is 5.75 Å². The zero-order valence-corrected chi connectivity index (χ0v) is 18.0. The molecule has 31 heavy (non-hydrogen) atoms. The van der Waals surface area contributed by atoms with Gasteiger partial charge in [0.25, 0.3) is 5.91 Å². The van der Waals surface area contributed by atoms with E-state index in [1.165, 1.54) is 0 Å². The number of carbonyl (C=O) groups excluding carboxylic acids is 2. The van der Waals surface area contributed by atoms with E-state index in [9.17, 15) is 9.59 Å². The van der Waals surface area contributed by atoms with Crippen molar-refractivity contribution in [2.24, 2.45) is 0 Å². The predicted molar refractivity (Wildman–Crippen MR) is 122 cm³/mol. The summed E-state index contributed by atoms with van der Waals surface area (Å²) in [5.74, 6) is 0.218. The molecule has 5 nitrogen and oxygen atoms in total. The molecule has 0 aromatic heterocycles. The molecule has 0 aliphatic carbocycles. The molecule has 160 valence electrons. The zero-order valence-electron chi connectivity index (χ0n) is 18.0. The van der Waals surface area contributed by atoms with Gasteiger partial charge in [-0.1, -0.05) is 78.9 Å². The van der Waals surface area contributed by atoms with Crippen molar-refractivity contribution in [3.05, 3.63) is 102 Å². The summed E-state index contributed by atoms with van der Waals surface area (Å²) in [5.41, 5.74) is 2.90. The molecule has 0 heterocycles. The molecule has 5 heteroatoms. The Morgan fingerprint density at radius 1 is 0.871 bits per heavy atom. The van der Waals surface area contributed by atoms with E-state index >= 15 is 0 Å². The van der Waals surface area contributed by atoms with Gasteiger partial charge in [0.2, 0.25) is 5.91 Å². The van der Waals surface area contributed by atoms with Crippen molar-refractivity contribution >= 4 is 11.8 Å². The Morgan fingerprint density at radius 2 is 1.45 bits per heavy atom. The number of nitrogens with one attached hydrogen (secondary N) is 1. The van der Waals surface area contributed by atoms with E-state index in [0.717, 1.165) is 16.7 Å². The van der Waals surface area contributed by atoms with Gasteiger partial charge in [-0.3, -0.25) is 9.59 Å². The first-order valence-electron chi connectivity index (χ1n) is 10.4. The summed E-state index contributed by atoms with van der Waals surface area (Å²) in [6.07, 6.45) is 0.420. The summed E-state index contributed by atoms with van der Waals surface area (Å²) in [4.78, 5) is 27.8. The van der Waals surface area contributed by atoms with E-state index in [-0.39, 0.29) is 18.4 Å². The third kappa shape index (κ3) is 6.19. The lowest BCUT2D eigenvalue weighted by molar-refractivity contribution is -0.142. The number of rotatable bonds is 9. The maximum atomic E-state index is 13.3. The molecule has 1 atom stereocenters. The number of benzene rings is 3. The summed E-state index contributed by atoms with van der Waals surface area (Å²) >= 11 is 0. The Kier molecular flexibility index (Phi) is 7.82. The lowest BCUT2D eigenvalue weighted by Crippen LogP contribution is -2.51. The summed E-state index contributed by atoms with van der Waals surface area (Å²) in [6, 6.07) is 26.3. The fourth-order valence-electron chi connectivity index (χ4n) is 3.44. The zero-order chi connectivity index (χ0) is 22.1. The molecule has 3 aromatic carbocycles. The minimum Gasteiger partial charge on any atom is -0.484 e. The molecule has 1 unspecified atom stereocenters. The van der Waals surface area contributed by atoms with Gasteiger partial charge in [-0.2, -0.15) is 0 Å². The second-order valence-electron chi connectivity index (χ2n) is 7.38. The van der Waals surface area contributed by atoms with Crippen LogP contribution in [-0.4, -0.2) is 36.4 Å².